The molecule has 0 aliphatic heterocycles. The van der Waals surface area contributed by atoms with E-state index in [1.165, 1.54) is 6.07 Å². The van der Waals surface area contributed by atoms with Gasteiger partial charge in [0.25, 0.3) is 0 Å². The number of rotatable bonds is 4. The first-order valence-electron chi connectivity index (χ1n) is 20.5. The number of hydrogen-bond acceptors (Lipinski definition) is 3. The van der Waals surface area contributed by atoms with Crippen LogP contribution in [0.4, 0.5) is 13.2 Å². The Morgan fingerprint density at radius 1 is 0.500 bits per heavy atom. The third kappa shape index (κ3) is 4.69. The molecule has 5 nitrogen and oxygen atoms in total. The topological polar surface area (TPSA) is 48.3 Å². The van der Waals surface area contributed by atoms with Crippen LogP contribution in [-0.4, -0.2) is 18.9 Å². The fourth-order valence-electron chi connectivity index (χ4n) is 10.1. The van der Waals surface area contributed by atoms with E-state index >= 15 is 13.2 Å². The predicted octanol–water partition coefficient (Wildman–Crippen LogP) is 15.0. The van der Waals surface area contributed by atoms with E-state index in [1.54, 1.807) is 0 Å². The van der Waals surface area contributed by atoms with Crippen molar-refractivity contribution in [2.24, 2.45) is 0 Å². The highest BCUT2D eigenvalue weighted by molar-refractivity contribution is 6.34. The average molecular weight is 809 g/mol. The smallest absolute Gasteiger partial charge is 0.418 e. The summed E-state index contributed by atoms with van der Waals surface area (Å²) in [6, 6.07) is 54.3. The van der Waals surface area contributed by atoms with Gasteiger partial charge in [-0.05, 0) is 43.3 Å². The second kappa shape index (κ2) is 12.5. The lowest BCUT2D eigenvalue weighted by atomic mass is 9.95. The van der Waals surface area contributed by atoms with E-state index in [2.05, 4.69) is 34.7 Å². The molecule has 8 aromatic carbocycles. The number of halogens is 3. The van der Waals surface area contributed by atoms with Crippen molar-refractivity contribution in [3.05, 3.63) is 181 Å². The number of hydrogen-bond donors (Lipinski definition) is 0. The van der Waals surface area contributed by atoms with Crippen LogP contribution in [0.15, 0.2) is 174 Å². The van der Waals surface area contributed by atoms with Crippen LogP contribution < -0.4 is 0 Å². The number of fused-ring (bicyclic) bond motifs is 13. The minimum absolute atomic E-state index is 0.00770. The van der Waals surface area contributed by atoms with Gasteiger partial charge in [-0.2, -0.15) is 13.2 Å². The normalized spacial score (nSPS) is 12.5. The molecule has 0 bridgehead atoms. The molecule has 0 amide bonds. The minimum Gasteiger partial charge on any atom is -0.455 e. The van der Waals surface area contributed by atoms with Gasteiger partial charge in [-0.1, -0.05) is 133 Å². The van der Waals surface area contributed by atoms with Crippen LogP contribution in [0, 0.1) is 6.92 Å². The average Bonchev–Trinajstić information content (AvgIpc) is 4.05. The molecule has 13 aromatic rings. The Hall–Kier alpha value is -7.97. The van der Waals surface area contributed by atoms with Crippen molar-refractivity contribution in [2.75, 3.05) is 0 Å². The van der Waals surface area contributed by atoms with Crippen molar-refractivity contribution in [3.8, 4) is 39.6 Å². The number of alkyl halides is 3. The number of benzene rings is 8. The van der Waals surface area contributed by atoms with Gasteiger partial charge in [-0.3, -0.25) is 0 Å². The van der Waals surface area contributed by atoms with Gasteiger partial charge < -0.3 is 13.4 Å². The van der Waals surface area contributed by atoms with Crippen LogP contribution in [-0.2, 0) is 6.18 Å². The summed E-state index contributed by atoms with van der Waals surface area (Å²) in [5.41, 5.74) is 7.79. The van der Waals surface area contributed by atoms with Gasteiger partial charge in [-0.15, -0.1) is 0 Å². The fourth-order valence-corrected chi connectivity index (χ4v) is 10.1. The number of aromatic nitrogens is 4. The maximum Gasteiger partial charge on any atom is 0.418 e. The summed E-state index contributed by atoms with van der Waals surface area (Å²) in [7, 11) is 0. The quantitative estimate of drug-likeness (QED) is 0.178. The van der Waals surface area contributed by atoms with Gasteiger partial charge in [0.2, 0.25) is 0 Å². The van der Waals surface area contributed by atoms with Crippen LogP contribution in [0.5, 0.6) is 0 Å². The molecule has 13 rings (SSSR count). The molecule has 5 heterocycles. The van der Waals surface area contributed by atoms with E-state index < -0.39 is 11.7 Å². The van der Waals surface area contributed by atoms with Gasteiger partial charge in [0.1, 0.15) is 11.2 Å². The summed E-state index contributed by atoms with van der Waals surface area (Å²) in [6.45, 7) is 1.87. The summed E-state index contributed by atoms with van der Waals surface area (Å²) >= 11 is 0. The number of furan rings is 1. The molecule has 0 saturated carbocycles. The van der Waals surface area contributed by atoms with E-state index in [1.807, 2.05) is 145 Å². The molecular weight excluding hydrogens is 778 g/mol. The molecule has 0 radical (unpaired) electrons. The molecule has 0 saturated heterocycles. The molecule has 294 valence electrons. The van der Waals surface area contributed by atoms with Crippen LogP contribution in [0.3, 0.4) is 0 Å². The van der Waals surface area contributed by atoms with Crippen LogP contribution >= 0.6 is 0 Å². The van der Waals surface area contributed by atoms with Crippen molar-refractivity contribution in [2.45, 2.75) is 13.1 Å². The summed E-state index contributed by atoms with van der Waals surface area (Å²) in [5.74, 6) is 0.399. The summed E-state index contributed by atoms with van der Waals surface area (Å²) in [6.07, 6.45) is -4.81. The van der Waals surface area contributed by atoms with E-state index in [9.17, 15) is 0 Å². The zero-order valence-electron chi connectivity index (χ0n) is 33.0. The Bertz CT molecular complexity index is 3970. The Kier molecular flexibility index (Phi) is 7.04. The van der Waals surface area contributed by atoms with Crippen molar-refractivity contribution < 1.29 is 17.6 Å². The van der Waals surface area contributed by atoms with Gasteiger partial charge in [0, 0.05) is 60.0 Å². The fraction of sp³-hybridized carbons (Fsp3) is 0.0370. The van der Waals surface area contributed by atoms with E-state index in [-0.39, 0.29) is 11.3 Å². The molecular formula is C54H31F3N4O. The monoisotopic (exact) mass is 808 g/mol. The van der Waals surface area contributed by atoms with Crippen molar-refractivity contribution in [1.29, 1.82) is 0 Å². The summed E-state index contributed by atoms with van der Waals surface area (Å²) in [4.78, 5) is 10.1. The van der Waals surface area contributed by atoms with E-state index in [4.69, 9.17) is 14.4 Å². The highest BCUT2D eigenvalue weighted by atomic mass is 19.4. The summed E-state index contributed by atoms with van der Waals surface area (Å²) in [5, 5.41) is 6.64. The molecule has 0 unspecified atom stereocenters. The highest BCUT2D eigenvalue weighted by Gasteiger charge is 2.39. The Morgan fingerprint density at radius 2 is 1.05 bits per heavy atom. The molecule has 8 heteroatoms. The van der Waals surface area contributed by atoms with E-state index in [0.29, 0.717) is 55.7 Å². The van der Waals surface area contributed by atoms with Crippen molar-refractivity contribution in [3.63, 3.8) is 0 Å². The lowest BCUT2D eigenvalue weighted by Gasteiger charge is -2.20. The molecule has 0 fully saturated rings. The zero-order chi connectivity index (χ0) is 41.4. The standard InChI is InChI=1S/C54H31F3N4O/c1-30-47(31-16-4-2-5-17-31)58-53(32-18-6-3-7-19-32)59-48(30)39-29-40(54(55,56)57)51(46-36-23-11-15-27-44(36)62-52(39)46)61-42-25-13-9-21-34(42)38-28-37-33-20-8-12-24-41(33)60-43-26-14-10-22-35(43)45(49(37)60)50(38)61/h2-29H,1H3. The molecule has 5 aromatic heterocycles. The molecule has 0 spiro atoms. The second-order valence-electron chi connectivity index (χ2n) is 16.0. The lowest BCUT2D eigenvalue weighted by Crippen LogP contribution is -2.12. The Labute approximate surface area is 350 Å². The van der Waals surface area contributed by atoms with E-state index in [0.717, 1.165) is 60.0 Å². The van der Waals surface area contributed by atoms with Crippen LogP contribution in [0.2, 0.25) is 0 Å². The van der Waals surface area contributed by atoms with Crippen LogP contribution in [0.1, 0.15) is 11.1 Å². The number of para-hydroxylation sites is 4. The molecule has 62 heavy (non-hydrogen) atoms. The van der Waals surface area contributed by atoms with Crippen LogP contribution in [0.25, 0.3) is 121 Å². The first kappa shape index (κ1) is 34.8. The van der Waals surface area contributed by atoms with Gasteiger partial charge in [-0.25, -0.2) is 9.97 Å². The first-order valence-corrected chi connectivity index (χ1v) is 20.5. The molecule has 0 aliphatic carbocycles. The predicted molar refractivity (Wildman–Crippen MR) is 244 cm³/mol. The third-order valence-corrected chi connectivity index (χ3v) is 12.6. The maximum absolute atomic E-state index is 16.5. The first-order chi connectivity index (χ1) is 30.3. The number of nitrogens with zero attached hydrogens (tertiary/aromatic N) is 4. The largest absolute Gasteiger partial charge is 0.455 e. The minimum atomic E-state index is -4.81. The maximum atomic E-state index is 16.5. The highest BCUT2D eigenvalue weighted by Crippen LogP contribution is 2.52. The third-order valence-electron chi connectivity index (χ3n) is 12.6. The SMILES string of the molecule is Cc1c(-c2ccccc2)nc(-c2ccccc2)nc1-c1cc(C(F)(F)F)c(-n2c3ccccc3c3cc4c5ccccc5n5c6ccccc6c(c32)c45)c2c1oc1ccccc12. The molecule has 0 atom stereocenters. The Morgan fingerprint density at radius 3 is 1.76 bits per heavy atom. The second-order valence-corrected chi connectivity index (χ2v) is 16.0. The van der Waals surface area contributed by atoms with Crippen molar-refractivity contribution in [1.82, 2.24) is 18.9 Å². The van der Waals surface area contributed by atoms with Gasteiger partial charge in [0.15, 0.2) is 5.82 Å². The van der Waals surface area contributed by atoms with Crippen molar-refractivity contribution >= 4 is 81.8 Å². The molecule has 0 N–H and O–H groups in total. The zero-order valence-corrected chi connectivity index (χ0v) is 33.0. The summed E-state index contributed by atoms with van der Waals surface area (Å²) < 4.78 is 60.4. The van der Waals surface area contributed by atoms with Gasteiger partial charge in [0.05, 0.1) is 55.6 Å². The Balaban J connectivity index is 1.24. The molecule has 0 aliphatic rings. The van der Waals surface area contributed by atoms with Gasteiger partial charge >= 0.3 is 6.18 Å². The lowest BCUT2D eigenvalue weighted by molar-refractivity contribution is -0.137.